The van der Waals surface area contributed by atoms with Crippen molar-refractivity contribution in [2.24, 2.45) is 0 Å². The lowest BCUT2D eigenvalue weighted by Crippen LogP contribution is -1.94. The lowest BCUT2D eigenvalue weighted by molar-refractivity contribution is 0.473. The Morgan fingerprint density at radius 1 is 0.455 bits per heavy atom. The summed E-state index contributed by atoms with van der Waals surface area (Å²) in [5.74, 6) is -2.45. The lowest BCUT2D eigenvalue weighted by atomic mass is 9.98. The van der Waals surface area contributed by atoms with Gasteiger partial charge in [-0.05, 0) is 60.7 Å². The SMILES string of the molecule is Brc1ccc2oc3c(ccc4c5ccccc5oc43)c2c1.Oc1ccccc1-c1ccc(-c2cc(Br)ccc2O)c(F)c1F. The largest absolute Gasteiger partial charge is 0.507 e. The van der Waals surface area contributed by atoms with Crippen molar-refractivity contribution in [3.05, 3.63) is 130 Å². The minimum absolute atomic E-state index is 0.0427. The summed E-state index contributed by atoms with van der Waals surface area (Å²) in [5, 5.41) is 24.1. The third kappa shape index (κ3) is 4.80. The smallest absolute Gasteiger partial charge is 0.178 e. The molecule has 0 unspecified atom stereocenters. The average Bonchev–Trinajstić information content (AvgIpc) is 3.59. The van der Waals surface area contributed by atoms with Gasteiger partial charge >= 0.3 is 0 Å². The molecule has 0 atom stereocenters. The Balaban J connectivity index is 0.000000142. The second kappa shape index (κ2) is 11.1. The third-order valence-electron chi connectivity index (χ3n) is 7.47. The first-order valence-electron chi connectivity index (χ1n) is 13.5. The second-order valence-corrected chi connectivity index (χ2v) is 12.0. The van der Waals surface area contributed by atoms with Crippen LogP contribution in [-0.4, -0.2) is 10.2 Å². The van der Waals surface area contributed by atoms with Gasteiger partial charge in [-0.25, -0.2) is 8.78 Å². The molecule has 0 radical (unpaired) electrons. The molecule has 0 fully saturated rings. The minimum atomic E-state index is -1.08. The predicted octanol–water partition coefficient (Wildman–Crippen LogP) is 11.7. The van der Waals surface area contributed by atoms with Gasteiger partial charge in [0.05, 0.1) is 0 Å². The first-order valence-corrected chi connectivity index (χ1v) is 15.1. The molecule has 2 heterocycles. The fourth-order valence-corrected chi connectivity index (χ4v) is 6.10. The molecule has 8 rings (SSSR count). The van der Waals surface area contributed by atoms with Crippen molar-refractivity contribution >= 4 is 75.7 Å². The van der Waals surface area contributed by atoms with Crippen molar-refractivity contribution in [2.75, 3.05) is 0 Å². The topological polar surface area (TPSA) is 66.7 Å². The Kier molecular flexibility index (Phi) is 7.11. The van der Waals surface area contributed by atoms with Crippen LogP contribution in [0.2, 0.25) is 0 Å². The zero-order valence-corrected chi connectivity index (χ0v) is 25.8. The fraction of sp³-hybridized carbons (Fsp3) is 0. The van der Waals surface area contributed by atoms with Crippen molar-refractivity contribution in [3.63, 3.8) is 0 Å². The Morgan fingerprint density at radius 2 is 1.00 bits per heavy atom. The molecule has 0 bridgehead atoms. The number of para-hydroxylation sites is 2. The van der Waals surface area contributed by atoms with E-state index in [1.807, 2.05) is 30.3 Å². The maximum absolute atomic E-state index is 14.5. The summed E-state index contributed by atoms with van der Waals surface area (Å²) in [6, 6.07) is 31.7. The van der Waals surface area contributed by atoms with E-state index in [2.05, 4.69) is 56.1 Å². The van der Waals surface area contributed by atoms with E-state index >= 15 is 0 Å². The summed E-state index contributed by atoms with van der Waals surface area (Å²) < 4.78 is 42.7. The molecule has 0 aliphatic rings. The highest BCUT2D eigenvalue weighted by molar-refractivity contribution is 9.10. The summed E-state index contributed by atoms with van der Waals surface area (Å²) in [4.78, 5) is 0. The Hall–Kier alpha value is -4.66. The van der Waals surface area contributed by atoms with Crippen LogP contribution in [0.15, 0.2) is 127 Å². The Morgan fingerprint density at radius 3 is 1.73 bits per heavy atom. The van der Waals surface area contributed by atoms with E-state index in [1.54, 1.807) is 18.2 Å². The number of halogens is 4. The Bertz CT molecular complexity index is 2380. The number of hydrogen-bond acceptors (Lipinski definition) is 4. The maximum Gasteiger partial charge on any atom is 0.178 e. The van der Waals surface area contributed by atoms with E-state index in [1.165, 1.54) is 36.4 Å². The first kappa shape index (κ1) is 28.1. The van der Waals surface area contributed by atoms with Gasteiger partial charge in [0.25, 0.3) is 0 Å². The van der Waals surface area contributed by atoms with Crippen molar-refractivity contribution < 1.29 is 27.8 Å². The molecule has 2 N–H and O–H groups in total. The number of rotatable bonds is 2. The fourth-order valence-electron chi connectivity index (χ4n) is 5.38. The van der Waals surface area contributed by atoms with Crippen LogP contribution in [0.3, 0.4) is 0 Å². The zero-order chi connectivity index (χ0) is 30.5. The van der Waals surface area contributed by atoms with Crippen LogP contribution in [0.25, 0.3) is 66.1 Å². The second-order valence-electron chi connectivity index (χ2n) is 10.1. The minimum Gasteiger partial charge on any atom is -0.507 e. The molecular weight excluding hydrogens is 694 g/mol. The summed E-state index contributed by atoms with van der Waals surface area (Å²) >= 11 is 6.75. The standard InChI is InChI=1S/C18H11BrF2O2.C18H9BrO2/c19-10-5-8-16(23)14(9-10)13-7-6-12(17(20)18(13)21)11-3-1-2-4-15(11)22;19-10-5-8-16-14(9-10)13-7-6-12-11-3-1-2-4-15(11)20-17(12)18(13)21-16/h1-9,22-23H;1-9H. The molecular formula is C36H20Br2F2O4. The van der Waals surface area contributed by atoms with Crippen LogP contribution in [0.1, 0.15) is 0 Å². The van der Waals surface area contributed by atoms with E-state index in [9.17, 15) is 19.0 Å². The number of fused-ring (bicyclic) bond motifs is 7. The predicted molar refractivity (Wildman–Crippen MR) is 177 cm³/mol. The first-order chi connectivity index (χ1) is 21.3. The van der Waals surface area contributed by atoms with Crippen molar-refractivity contribution in [1.82, 2.24) is 0 Å². The summed E-state index contributed by atoms with van der Waals surface area (Å²) in [6.07, 6.45) is 0. The highest BCUT2D eigenvalue weighted by Gasteiger charge is 2.20. The molecule has 0 aliphatic heterocycles. The van der Waals surface area contributed by atoms with E-state index in [-0.39, 0.29) is 33.8 Å². The number of hydrogen-bond donors (Lipinski definition) is 2. The normalized spacial score (nSPS) is 11.4. The molecule has 0 spiro atoms. The van der Waals surface area contributed by atoms with Crippen LogP contribution in [0.4, 0.5) is 8.78 Å². The molecule has 6 aromatic carbocycles. The molecule has 0 aliphatic carbocycles. The number of furan rings is 2. The molecule has 4 nitrogen and oxygen atoms in total. The molecule has 0 saturated carbocycles. The molecule has 8 heteroatoms. The third-order valence-corrected chi connectivity index (χ3v) is 8.46. The number of aromatic hydroxyl groups is 2. The van der Waals surface area contributed by atoms with Gasteiger partial charge in [0.15, 0.2) is 22.8 Å². The molecule has 216 valence electrons. The van der Waals surface area contributed by atoms with Gasteiger partial charge in [-0.2, -0.15) is 0 Å². The lowest BCUT2D eigenvalue weighted by Gasteiger charge is -2.11. The van der Waals surface area contributed by atoms with E-state index in [0.717, 1.165) is 48.3 Å². The molecule has 44 heavy (non-hydrogen) atoms. The van der Waals surface area contributed by atoms with Gasteiger partial charge in [0.2, 0.25) is 0 Å². The summed E-state index contributed by atoms with van der Waals surface area (Å²) in [7, 11) is 0. The van der Waals surface area contributed by atoms with Gasteiger partial charge < -0.3 is 19.0 Å². The maximum atomic E-state index is 14.5. The molecule has 2 aromatic heterocycles. The highest BCUT2D eigenvalue weighted by Crippen LogP contribution is 2.40. The number of phenolic OH excluding ortho intramolecular Hbond substituents is 2. The van der Waals surface area contributed by atoms with Crippen molar-refractivity contribution in [3.8, 4) is 33.8 Å². The van der Waals surface area contributed by atoms with Crippen LogP contribution in [-0.2, 0) is 0 Å². The van der Waals surface area contributed by atoms with Crippen LogP contribution in [0, 0.1) is 11.6 Å². The monoisotopic (exact) mass is 712 g/mol. The van der Waals surface area contributed by atoms with Gasteiger partial charge in [0.1, 0.15) is 22.7 Å². The molecule has 0 saturated heterocycles. The summed E-state index contributed by atoms with van der Waals surface area (Å²) in [6.45, 7) is 0. The van der Waals surface area contributed by atoms with Gasteiger partial charge in [0, 0.05) is 52.7 Å². The van der Waals surface area contributed by atoms with Gasteiger partial charge in [-0.15, -0.1) is 0 Å². The van der Waals surface area contributed by atoms with Crippen LogP contribution in [0.5, 0.6) is 11.5 Å². The zero-order valence-electron chi connectivity index (χ0n) is 22.6. The molecule has 8 aromatic rings. The van der Waals surface area contributed by atoms with Crippen LogP contribution < -0.4 is 0 Å². The highest BCUT2D eigenvalue weighted by atomic mass is 79.9. The van der Waals surface area contributed by atoms with Gasteiger partial charge in [-0.1, -0.05) is 80.4 Å². The van der Waals surface area contributed by atoms with Crippen molar-refractivity contribution in [1.29, 1.82) is 0 Å². The van der Waals surface area contributed by atoms with Gasteiger partial charge in [-0.3, -0.25) is 0 Å². The van der Waals surface area contributed by atoms with Crippen molar-refractivity contribution in [2.45, 2.75) is 0 Å². The Labute approximate surface area is 266 Å². The quantitative estimate of drug-likeness (QED) is 0.187. The number of benzene rings is 6. The number of phenols is 2. The van der Waals surface area contributed by atoms with E-state index in [0.29, 0.717) is 4.47 Å². The van der Waals surface area contributed by atoms with E-state index in [4.69, 9.17) is 8.83 Å². The average molecular weight is 714 g/mol. The summed E-state index contributed by atoms with van der Waals surface area (Å²) in [5.41, 5.74) is 3.69. The van der Waals surface area contributed by atoms with E-state index < -0.39 is 11.6 Å². The van der Waals surface area contributed by atoms with Crippen LogP contribution >= 0.6 is 31.9 Å². The molecule has 0 amide bonds.